The third-order valence-electron chi connectivity index (χ3n) is 4.88. The van der Waals surface area contributed by atoms with E-state index in [1.54, 1.807) is 18.2 Å². The molecule has 12 heteroatoms. The summed E-state index contributed by atoms with van der Waals surface area (Å²) in [6, 6.07) is 4.36. The van der Waals surface area contributed by atoms with E-state index in [-0.39, 0.29) is 12.4 Å². The fourth-order valence-electron chi connectivity index (χ4n) is 3.09. The van der Waals surface area contributed by atoms with Crippen molar-refractivity contribution in [1.82, 2.24) is 23.5 Å². The molecule has 0 spiro atoms. The first-order valence-corrected chi connectivity index (χ1v) is 11.1. The minimum absolute atomic E-state index is 0.177. The molecule has 3 heterocycles. The Morgan fingerprint density at radius 1 is 1.13 bits per heavy atom. The van der Waals surface area contributed by atoms with E-state index >= 15 is 0 Å². The Hall–Kier alpha value is -2.67. The van der Waals surface area contributed by atoms with Gasteiger partial charge in [0.2, 0.25) is 0 Å². The average Bonchev–Trinajstić information content (AvgIpc) is 2.73. The fourth-order valence-corrected chi connectivity index (χ4v) is 4.18. The van der Waals surface area contributed by atoms with Crippen molar-refractivity contribution >= 4 is 27.7 Å². The van der Waals surface area contributed by atoms with E-state index in [0.29, 0.717) is 37.4 Å². The number of rotatable bonds is 6. The number of carbonyl (C=O) groups excluding carboxylic acids is 1. The van der Waals surface area contributed by atoms with Gasteiger partial charge >= 0.3 is 6.03 Å². The lowest BCUT2D eigenvalue weighted by Crippen LogP contribution is -2.51. The number of nitrogens with one attached hydrogen (secondary N) is 2. The summed E-state index contributed by atoms with van der Waals surface area (Å²) in [6.07, 6.45) is 2.93. The summed E-state index contributed by atoms with van der Waals surface area (Å²) in [5.74, 6) is -0.799. The molecule has 0 saturated carbocycles. The Bertz CT molecular complexity index is 1020. The second kappa shape index (κ2) is 9.64. The van der Waals surface area contributed by atoms with Crippen LogP contribution in [0.1, 0.15) is 11.3 Å². The Kier molecular flexibility index (Phi) is 7.15. The van der Waals surface area contributed by atoms with Crippen LogP contribution in [0.3, 0.4) is 0 Å². The minimum atomic E-state index is -3.46. The first-order chi connectivity index (χ1) is 14.7. The second-order valence-corrected chi connectivity index (χ2v) is 9.51. The number of urea groups is 1. The first kappa shape index (κ1) is 23.0. The number of amides is 2. The molecule has 2 aromatic rings. The molecule has 168 valence electrons. The van der Waals surface area contributed by atoms with Gasteiger partial charge in [0.15, 0.2) is 11.6 Å². The molecule has 1 aliphatic heterocycles. The van der Waals surface area contributed by atoms with Gasteiger partial charge in [0.05, 0.1) is 11.9 Å². The third-order valence-corrected chi connectivity index (χ3v) is 6.82. The lowest BCUT2D eigenvalue weighted by atomic mass is 10.2. The molecule has 2 N–H and O–H groups in total. The predicted octanol–water partition coefficient (Wildman–Crippen LogP) is 1.49. The molecule has 31 heavy (non-hydrogen) atoms. The SMILES string of the molecule is Cc1ccc(NC(=O)Nc2nccc(CN3CCN(S(=O)(=O)N(C)C)CC3)c2F)cn1. The molecule has 0 atom stereocenters. The van der Waals surface area contributed by atoms with Crippen molar-refractivity contribution in [1.29, 1.82) is 0 Å². The van der Waals surface area contributed by atoms with Crippen molar-refractivity contribution in [3.63, 3.8) is 0 Å². The normalized spacial score (nSPS) is 15.8. The van der Waals surface area contributed by atoms with Crippen LogP contribution in [-0.2, 0) is 16.8 Å². The number of hydrogen-bond acceptors (Lipinski definition) is 6. The van der Waals surface area contributed by atoms with Gasteiger partial charge in [-0.1, -0.05) is 0 Å². The number of aryl methyl sites for hydroxylation is 1. The zero-order chi connectivity index (χ0) is 22.6. The molecule has 2 aromatic heterocycles. The summed E-state index contributed by atoms with van der Waals surface area (Å²) in [4.78, 5) is 22.1. The second-order valence-electron chi connectivity index (χ2n) is 7.37. The van der Waals surface area contributed by atoms with Crippen LogP contribution in [0.15, 0.2) is 30.6 Å². The van der Waals surface area contributed by atoms with Gasteiger partial charge in [-0.25, -0.2) is 14.2 Å². The molecule has 0 aliphatic carbocycles. The van der Waals surface area contributed by atoms with Gasteiger partial charge in [-0.3, -0.25) is 15.2 Å². The molecule has 10 nitrogen and oxygen atoms in total. The molecule has 0 bridgehead atoms. The van der Waals surface area contributed by atoms with Crippen molar-refractivity contribution in [3.05, 3.63) is 47.7 Å². The Labute approximate surface area is 181 Å². The fraction of sp³-hybridized carbons (Fsp3) is 0.421. The van der Waals surface area contributed by atoms with Crippen molar-refractivity contribution in [2.24, 2.45) is 0 Å². The molecule has 0 unspecified atom stereocenters. The lowest BCUT2D eigenvalue weighted by Gasteiger charge is -2.35. The Balaban J connectivity index is 1.60. The quantitative estimate of drug-likeness (QED) is 0.689. The molecule has 2 amide bonds. The average molecular weight is 452 g/mol. The molecular formula is C19H26FN7O3S. The first-order valence-electron chi connectivity index (χ1n) is 9.71. The van der Waals surface area contributed by atoms with Gasteiger partial charge < -0.3 is 5.32 Å². The topological polar surface area (TPSA) is 111 Å². The number of anilines is 2. The van der Waals surface area contributed by atoms with E-state index < -0.39 is 22.1 Å². The highest BCUT2D eigenvalue weighted by Crippen LogP contribution is 2.19. The zero-order valence-corrected chi connectivity index (χ0v) is 18.5. The van der Waals surface area contributed by atoms with Crippen molar-refractivity contribution in [3.8, 4) is 0 Å². The van der Waals surface area contributed by atoms with Crippen LogP contribution >= 0.6 is 0 Å². The van der Waals surface area contributed by atoms with Gasteiger partial charge in [0, 0.05) is 64.3 Å². The Morgan fingerprint density at radius 2 is 1.84 bits per heavy atom. The largest absolute Gasteiger partial charge is 0.324 e. The number of halogens is 1. The molecule has 1 fully saturated rings. The molecule has 1 aliphatic rings. The minimum Gasteiger partial charge on any atom is -0.306 e. The Morgan fingerprint density at radius 3 is 2.45 bits per heavy atom. The van der Waals surface area contributed by atoms with Crippen molar-refractivity contribution < 1.29 is 17.6 Å². The van der Waals surface area contributed by atoms with E-state index in [1.807, 2.05) is 11.8 Å². The molecule has 1 saturated heterocycles. The van der Waals surface area contributed by atoms with Gasteiger partial charge in [-0.2, -0.15) is 17.0 Å². The highest BCUT2D eigenvalue weighted by molar-refractivity contribution is 7.86. The third kappa shape index (κ3) is 5.73. The summed E-state index contributed by atoms with van der Waals surface area (Å²) in [7, 11) is -0.468. The molecular weight excluding hydrogens is 425 g/mol. The smallest absolute Gasteiger partial charge is 0.306 e. The van der Waals surface area contributed by atoms with E-state index in [2.05, 4.69) is 20.6 Å². The van der Waals surface area contributed by atoms with Gasteiger partial charge in [-0.15, -0.1) is 0 Å². The number of hydrogen-bond donors (Lipinski definition) is 2. The van der Waals surface area contributed by atoms with Crippen LogP contribution < -0.4 is 10.6 Å². The highest BCUT2D eigenvalue weighted by Gasteiger charge is 2.29. The van der Waals surface area contributed by atoms with E-state index in [1.165, 1.54) is 35.1 Å². The predicted molar refractivity (Wildman–Crippen MR) is 115 cm³/mol. The molecule has 3 rings (SSSR count). The van der Waals surface area contributed by atoms with Crippen LogP contribution in [0.2, 0.25) is 0 Å². The maximum atomic E-state index is 14.9. The number of nitrogens with zero attached hydrogens (tertiary/aromatic N) is 5. The molecule has 0 aromatic carbocycles. The number of aromatic nitrogens is 2. The maximum absolute atomic E-state index is 14.9. The van der Waals surface area contributed by atoms with E-state index in [9.17, 15) is 17.6 Å². The summed E-state index contributed by atoms with van der Waals surface area (Å²) in [5.41, 5.74) is 1.66. The van der Waals surface area contributed by atoms with Crippen LogP contribution in [0, 0.1) is 12.7 Å². The van der Waals surface area contributed by atoms with Gasteiger partial charge in [0.1, 0.15) is 0 Å². The summed E-state index contributed by atoms with van der Waals surface area (Å²) < 4.78 is 41.9. The van der Waals surface area contributed by atoms with Crippen LogP contribution in [0.25, 0.3) is 0 Å². The van der Waals surface area contributed by atoms with Crippen LogP contribution in [0.5, 0.6) is 0 Å². The maximum Gasteiger partial charge on any atom is 0.324 e. The summed E-state index contributed by atoms with van der Waals surface area (Å²) in [5, 5.41) is 4.99. The number of pyridine rings is 2. The zero-order valence-electron chi connectivity index (χ0n) is 17.7. The summed E-state index contributed by atoms with van der Waals surface area (Å²) in [6.45, 7) is 3.70. The van der Waals surface area contributed by atoms with E-state index in [4.69, 9.17) is 0 Å². The van der Waals surface area contributed by atoms with Gasteiger partial charge in [-0.05, 0) is 25.1 Å². The van der Waals surface area contributed by atoms with E-state index in [0.717, 1.165) is 5.69 Å². The monoisotopic (exact) mass is 451 g/mol. The van der Waals surface area contributed by atoms with Gasteiger partial charge in [0.25, 0.3) is 10.2 Å². The standard InChI is InChI=1S/C19H26FN7O3S/c1-14-4-5-16(12-22-14)23-19(28)24-18-17(20)15(6-7-21-18)13-26-8-10-27(11-9-26)31(29,30)25(2)3/h4-7,12H,8-11,13H2,1-3H3,(H2,21,23,24,28). The molecule has 0 radical (unpaired) electrons. The number of piperazine rings is 1. The number of carbonyl (C=O) groups is 1. The van der Waals surface area contributed by atoms with Crippen LogP contribution in [0.4, 0.5) is 20.7 Å². The lowest BCUT2D eigenvalue weighted by molar-refractivity contribution is 0.175. The van der Waals surface area contributed by atoms with Crippen molar-refractivity contribution in [2.45, 2.75) is 13.5 Å². The van der Waals surface area contributed by atoms with Crippen molar-refractivity contribution in [2.75, 3.05) is 50.9 Å². The van der Waals surface area contributed by atoms with Crippen LogP contribution in [-0.4, -0.2) is 78.2 Å². The highest BCUT2D eigenvalue weighted by atomic mass is 32.2. The summed E-state index contributed by atoms with van der Waals surface area (Å²) >= 11 is 0.